The Hall–Kier alpha value is -3.40. The molecule has 0 saturated carbocycles. The van der Waals surface area contributed by atoms with Gasteiger partial charge in [0.2, 0.25) is 0 Å². The van der Waals surface area contributed by atoms with Crippen LogP contribution in [0.25, 0.3) is 0 Å². The normalized spacial score (nSPS) is 15.7. The molecule has 0 amide bonds. The molecule has 4 rings (SSSR count). The molecule has 2 heterocycles. The smallest absolute Gasteiger partial charge is 0.269 e. The van der Waals surface area contributed by atoms with Crippen LogP contribution < -0.4 is 4.90 Å². The van der Waals surface area contributed by atoms with Gasteiger partial charge in [0.15, 0.2) is 5.82 Å². The molecule has 0 radical (unpaired) electrons. The van der Waals surface area contributed by atoms with Crippen molar-refractivity contribution < 1.29 is 9.31 Å². The minimum atomic E-state index is -0.385. The number of benzene rings is 2. The van der Waals surface area contributed by atoms with Crippen molar-refractivity contribution in [3.05, 3.63) is 75.9 Å². The van der Waals surface area contributed by atoms with Crippen LogP contribution in [-0.4, -0.2) is 56.2 Å². The second kappa shape index (κ2) is 9.17. The van der Waals surface area contributed by atoms with E-state index in [-0.39, 0.29) is 22.5 Å². The van der Waals surface area contributed by atoms with Crippen LogP contribution in [-0.2, 0) is 6.54 Å². The van der Waals surface area contributed by atoms with Crippen molar-refractivity contribution in [1.29, 1.82) is 0 Å². The lowest BCUT2D eigenvalue weighted by molar-refractivity contribution is -0.384. The van der Waals surface area contributed by atoms with E-state index in [4.69, 9.17) is 0 Å². The molecule has 0 bridgehead atoms. The molecule has 1 unspecified atom stereocenters. The highest BCUT2D eigenvalue weighted by molar-refractivity contribution is 5.51. The lowest BCUT2D eigenvalue weighted by Crippen LogP contribution is -2.48. The average molecular weight is 425 g/mol. The molecule has 10 heteroatoms. The van der Waals surface area contributed by atoms with Crippen molar-refractivity contribution in [3.8, 4) is 0 Å². The highest BCUT2D eigenvalue weighted by atomic mass is 19.1. The number of non-ortho nitro benzene ring substituents is 1. The molecule has 1 aliphatic rings. The van der Waals surface area contributed by atoms with E-state index in [1.54, 1.807) is 41.1 Å². The maximum atomic E-state index is 13.2. The number of nitro benzene ring substituents is 1. The molecular weight excluding hydrogens is 401 g/mol. The summed E-state index contributed by atoms with van der Waals surface area (Å²) in [5.41, 5.74) is 2.02. The standard InChI is InChI=1S/C21H24FN7O2/c1-2-20(21-23-24-25-28(21)15-16-3-5-17(22)6-4-16)27-13-11-26(12-14-27)18-7-9-19(10-8-18)29(30)31/h3-10,20H,2,11-15H2,1H3. The van der Waals surface area contributed by atoms with Crippen LogP contribution in [0.5, 0.6) is 0 Å². The number of anilines is 1. The second-order valence-corrected chi connectivity index (χ2v) is 7.54. The monoisotopic (exact) mass is 425 g/mol. The predicted octanol–water partition coefficient (Wildman–Crippen LogP) is 3.04. The third-order valence-electron chi connectivity index (χ3n) is 5.67. The SMILES string of the molecule is CCC(c1nnnn1Cc1ccc(F)cc1)N1CCN(c2ccc([N+](=O)[O-])cc2)CC1. The van der Waals surface area contributed by atoms with Crippen LogP contribution in [0.1, 0.15) is 30.8 Å². The van der Waals surface area contributed by atoms with Gasteiger partial charge in [-0.2, -0.15) is 0 Å². The van der Waals surface area contributed by atoms with Crippen LogP contribution >= 0.6 is 0 Å². The van der Waals surface area contributed by atoms with E-state index in [0.29, 0.717) is 6.54 Å². The Morgan fingerprint density at radius 1 is 1.06 bits per heavy atom. The van der Waals surface area contributed by atoms with E-state index < -0.39 is 0 Å². The molecule has 0 spiro atoms. The van der Waals surface area contributed by atoms with Gasteiger partial charge in [-0.15, -0.1) is 5.10 Å². The van der Waals surface area contributed by atoms with Crippen LogP contribution in [0.15, 0.2) is 48.5 Å². The summed E-state index contributed by atoms with van der Waals surface area (Å²) in [5.74, 6) is 0.536. The number of nitro groups is 1. The van der Waals surface area contributed by atoms with Gasteiger partial charge < -0.3 is 4.90 Å². The zero-order valence-electron chi connectivity index (χ0n) is 17.3. The van der Waals surface area contributed by atoms with Gasteiger partial charge in [0.1, 0.15) is 5.82 Å². The Bertz CT molecular complexity index is 1010. The number of tetrazole rings is 1. The van der Waals surface area contributed by atoms with Crippen LogP contribution in [0.3, 0.4) is 0 Å². The molecule has 162 valence electrons. The number of hydrogen-bond acceptors (Lipinski definition) is 7. The summed E-state index contributed by atoms with van der Waals surface area (Å²) in [6.45, 7) is 5.89. The molecule has 3 aromatic rings. The summed E-state index contributed by atoms with van der Waals surface area (Å²) in [7, 11) is 0. The third-order valence-corrected chi connectivity index (χ3v) is 5.67. The summed E-state index contributed by atoms with van der Waals surface area (Å²) in [5, 5.41) is 23.2. The molecule has 2 aromatic carbocycles. The fraction of sp³-hybridized carbons (Fsp3) is 0.381. The minimum Gasteiger partial charge on any atom is -0.369 e. The molecule has 9 nitrogen and oxygen atoms in total. The first kappa shape index (κ1) is 20.9. The third kappa shape index (κ3) is 4.69. The molecule has 1 saturated heterocycles. The summed E-state index contributed by atoms with van der Waals surface area (Å²) < 4.78 is 15.0. The largest absolute Gasteiger partial charge is 0.369 e. The number of nitrogens with zero attached hydrogens (tertiary/aromatic N) is 7. The Morgan fingerprint density at radius 2 is 1.74 bits per heavy atom. The van der Waals surface area contributed by atoms with Crippen molar-refractivity contribution >= 4 is 11.4 Å². The van der Waals surface area contributed by atoms with Crippen molar-refractivity contribution in [3.63, 3.8) is 0 Å². The van der Waals surface area contributed by atoms with Gasteiger partial charge in [-0.3, -0.25) is 15.0 Å². The Labute approximate surface area is 179 Å². The Morgan fingerprint density at radius 3 is 2.35 bits per heavy atom. The number of piperazine rings is 1. The van der Waals surface area contributed by atoms with Crippen LogP contribution in [0.4, 0.5) is 15.8 Å². The molecular formula is C21H24FN7O2. The van der Waals surface area contributed by atoms with Gasteiger partial charge in [-0.05, 0) is 46.7 Å². The molecule has 1 fully saturated rings. The molecule has 1 aromatic heterocycles. The lowest BCUT2D eigenvalue weighted by Gasteiger charge is -2.39. The number of aromatic nitrogens is 4. The maximum Gasteiger partial charge on any atom is 0.269 e. The lowest BCUT2D eigenvalue weighted by atomic mass is 10.1. The molecule has 1 aliphatic heterocycles. The van der Waals surface area contributed by atoms with Gasteiger partial charge in [0.25, 0.3) is 5.69 Å². The fourth-order valence-corrected chi connectivity index (χ4v) is 4.01. The average Bonchev–Trinajstić information content (AvgIpc) is 3.24. The van der Waals surface area contributed by atoms with Gasteiger partial charge in [0, 0.05) is 44.0 Å². The molecule has 31 heavy (non-hydrogen) atoms. The predicted molar refractivity (Wildman–Crippen MR) is 113 cm³/mol. The van der Waals surface area contributed by atoms with E-state index in [1.807, 2.05) is 0 Å². The first-order chi connectivity index (χ1) is 15.0. The topological polar surface area (TPSA) is 93.2 Å². The zero-order valence-corrected chi connectivity index (χ0v) is 17.3. The van der Waals surface area contributed by atoms with Crippen LogP contribution in [0.2, 0.25) is 0 Å². The Kier molecular flexibility index (Phi) is 6.17. The highest BCUT2D eigenvalue weighted by Gasteiger charge is 2.28. The highest BCUT2D eigenvalue weighted by Crippen LogP contribution is 2.26. The van der Waals surface area contributed by atoms with E-state index in [0.717, 1.165) is 49.7 Å². The van der Waals surface area contributed by atoms with E-state index >= 15 is 0 Å². The summed E-state index contributed by atoms with van der Waals surface area (Å²) in [6, 6.07) is 13.1. The van der Waals surface area contributed by atoms with E-state index in [2.05, 4.69) is 32.2 Å². The van der Waals surface area contributed by atoms with E-state index in [9.17, 15) is 14.5 Å². The molecule has 0 aliphatic carbocycles. The summed E-state index contributed by atoms with van der Waals surface area (Å²) in [4.78, 5) is 15.1. The maximum absolute atomic E-state index is 13.2. The van der Waals surface area contributed by atoms with Crippen molar-refractivity contribution in [2.45, 2.75) is 25.9 Å². The number of hydrogen-bond donors (Lipinski definition) is 0. The molecule has 1 atom stereocenters. The van der Waals surface area contributed by atoms with Crippen molar-refractivity contribution in [2.75, 3.05) is 31.1 Å². The number of halogens is 1. The second-order valence-electron chi connectivity index (χ2n) is 7.54. The quantitative estimate of drug-likeness (QED) is 0.424. The zero-order chi connectivity index (χ0) is 21.8. The van der Waals surface area contributed by atoms with Gasteiger partial charge >= 0.3 is 0 Å². The Balaban J connectivity index is 1.42. The minimum absolute atomic E-state index is 0.0782. The summed E-state index contributed by atoms with van der Waals surface area (Å²) >= 11 is 0. The first-order valence-corrected chi connectivity index (χ1v) is 10.3. The van der Waals surface area contributed by atoms with Gasteiger partial charge in [-0.1, -0.05) is 19.1 Å². The first-order valence-electron chi connectivity index (χ1n) is 10.3. The molecule has 0 N–H and O–H groups in total. The summed E-state index contributed by atoms with van der Waals surface area (Å²) in [6.07, 6.45) is 0.862. The van der Waals surface area contributed by atoms with E-state index in [1.165, 1.54) is 12.1 Å². The van der Waals surface area contributed by atoms with Crippen molar-refractivity contribution in [2.24, 2.45) is 0 Å². The van der Waals surface area contributed by atoms with Crippen molar-refractivity contribution in [1.82, 2.24) is 25.1 Å². The van der Waals surface area contributed by atoms with Gasteiger partial charge in [0.05, 0.1) is 17.5 Å². The fourth-order valence-electron chi connectivity index (χ4n) is 4.01. The number of rotatable bonds is 7. The van der Waals surface area contributed by atoms with Gasteiger partial charge in [-0.25, -0.2) is 9.07 Å². The van der Waals surface area contributed by atoms with Crippen LogP contribution in [0, 0.1) is 15.9 Å².